The molecule has 4 aromatic rings. The summed E-state index contributed by atoms with van der Waals surface area (Å²) in [6.45, 7) is 0. The van der Waals surface area contributed by atoms with Crippen LogP contribution in [-0.4, -0.2) is 4.98 Å². The van der Waals surface area contributed by atoms with Gasteiger partial charge in [0, 0.05) is 28.9 Å². The van der Waals surface area contributed by atoms with Crippen molar-refractivity contribution in [3.05, 3.63) is 71.2 Å². The maximum atomic E-state index is 11.7. The molecule has 4 heteroatoms. The molecular formula is C17H12N2O2. The van der Waals surface area contributed by atoms with E-state index in [1.807, 2.05) is 48.7 Å². The third kappa shape index (κ3) is 2.07. The molecule has 0 saturated heterocycles. The van der Waals surface area contributed by atoms with Crippen LogP contribution < -0.4 is 10.9 Å². The largest absolute Gasteiger partial charge is 0.423 e. The molecule has 0 amide bonds. The topological polar surface area (TPSA) is 58.0 Å². The van der Waals surface area contributed by atoms with Gasteiger partial charge in [-0.1, -0.05) is 18.2 Å². The normalized spacial score (nSPS) is 11.0. The lowest BCUT2D eigenvalue weighted by molar-refractivity contribution is 0.561. The number of aromatic nitrogens is 1. The van der Waals surface area contributed by atoms with E-state index in [2.05, 4.69) is 10.3 Å². The Labute approximate surface area is 120 Å². The first-order chi connectivity index (χ1) is 10.3. The lowest BCUT2D eigenvalue weighted by Gasteiger charge is -2.08. The van der Waals surface area contributed by atoms with Crippen LogP contribution in [0.4, 0.5) is 11.4 Å². The Morgan fingerprint density at radius 3 is 2.86 bits per heavy atom. The summed E-state index contributed by atoms with van der Waals surface area (Å²) >= 11 is 0. The van der Waals surface area contributed by atoms with Gasteiger partial charge in [-0.2, -0.15) is 0 Å². The molecule has 0 atom stereocenters. The van der Waals surface area contributed by atoms with Crippen molar-refractivity contribution in [1.82, 2.24) is 4.98 Å². The van der Waals surface area contributed by atoms with Crippen LogP contribution in [0.2, 0.25) is 0 Å². The minimum absolute atomic E-state index is 0.364. The quantitative estimate of drug-likeness (QED) is 0.544. The Morgan fingerprint density at radius 2 is 1.90 bits per heavy atom. The number of H-pyrrole nitrogens is 1. The van der Waals surface area contributed by atoms with E-state index >= 15 is 0 Å². The average Bonchev–Trinajstić information content (AvgIpc) is 2.94. The van der Waals surface area contributed by atoms with Crippen LogP contribution in [0.15, 0.2) is 70.0 Å². The summed E-state index contributed by atoms with van der Waals surface area (Å²) in [5.74, 6) is 0. The lowest BCUT2D eigenvalue weighted by Crippen LogP contribution is -2.01. The highest BCUT2D eigenvalue weighted by molar-refractivity contribution is 5.92. The second-order valence-corrected chi connectivity index (χ2v) is 4.88. The molecule has 2 aromatic carbocycles. The van der Waals surface area contributed by atoms with Gasteiger partial charge in [-0.15, -0.1) is 0 Å². The number of anilines is 2. The summed E-state index contributed by atoms with van der Waals surface area (Å²) < 4.78 is 5.20. The van der Waals surface area contributed by atoms with Crippen molar-refractivity contribution in [2.45, 2.75) is 0 Å². The molecule has 21 heavy (non-hydrogen) atoms. The van der Waals surface area contributed by atoms with Gasteiger partial charge < -0.3 is 14.7 Å². The zero-order valence-corrected chi connectivity index (χ0v) is 11.1. The van der Waals surface area contributed by atoms with Crippen molar-refractivity contribution in [2.75, 3.05) is 5.32 Å². The van der Waals surface area contributed by atoms with Gasteiger partial charge in [0.25, 0.3) is 0 Å². The second kappa shape index (κ2) is 4.52. The highest BCUT2D eigenvalue weighted by atomic mass is 16.4. The fourth-order valence-electron chi connectivity index (χ4n) is 2.50. The summed E-state index contributed by atoms with van der Waals surface area (Å²) in [6, 6.07) is 17.0. The molecule has 0 aliphatic heterocycles. The van der Waals surface area contributed by atoms with Gasteiger partial charge in [0.05, 0.1) is 5.69 Å². The number of benzene rings is 2. The van der Waals surface area contributed by atoms with Crippen molar-refractivity contribution < 1.29 is 4.42 Å². The first-order valence-electron chi connectivity index (χ1n) is 6.67. The SMILES string of the molecule is O=c1cc(Nc2ccc3cc[nH]c3c2)c2ccccc2o1. The van der Waals surface area contributed by atoms with E-state index < -0.39 is 0 Å². The predicted molar refractivity (Wildman–Crippen MR) is 84.1 cm³/mol. The third-order valence-corrected chi connectivity index (χ3v) is 3.48. The fraction of sp³-hybridized carbons (Fsp3) is 0. The van der Waals surface area contributed by atoms with Crippen LogP contribution in [0.1, 0.15) is 0 Å². The van der Waals surface area contributed by atoms with Gasteiger partial charge in [-0.25, -0.2) is 4.79 Å². The van der Waals surface area contributed by atoms with E-state index in [0.29, 0.717) is 5.58 Å². The highest BCUT2D eigenvalue weighted by Gasteiger charge is 2.05. The number of hydrogen-bond donors (Lipinski definition) is 2. The minimum atomic E-state index is -0.364. The van der Waals surface area contributed by atoms with Crippen molar-refractivity contribution in [3.63, 3.8) is 0 Å². The Morgan fingerprint density at radius 1 is 1.00 bits per heavy atom. The number of rotatable bonds is 2. The summed E-state index contributed by atoms with van der Waals surface area (Å²) in [4.78, 5) is 14.8. The first kappa shape index (κ1) is 11.8. The van der Waals surface area contributed by atoms with Gasteiger partial charge in [0.15, 0.2) is 0 Å². The monoisotopic (exact) mass is 276 g/mol. The van der Waals surface area contributed by atoms with Crippen LogP contribution in [0, 0.1) is 0 Å². The van der Waals surface area contributed by atoms with E-state index in [9.17, 15) is 4.79 Å². The summed E-state index contributed by atoms with van der Waals surface area (Å²) in [6.07, 6.45) is 1.90. The van der Waals surface area contributed by atoms with Crippen LogP contribution >= 0.6 is 0 Å². The van der Waals surface area contributed by atoms with Gasteiger partial charge in [-0.05, 0) is 35.7 Å². The van der Waals surface area contributed by atoms with Crippen LogP contribution in [0.5, 0.6) is 0 Å². The van der Waals surface area contributed by atoms with E-state index in [1.165, 1.54) is 6.07 Å². The molecule has 0 aliphatic carbocycles. The van der Waals surface area contributed by atoms with E-state index in [4.69, 9.17) is 4.42 Å². The molecule has 4 rings (SSSR count). The molecule has 2 N–H and O–H groups in total. The molecule has 0 bridgehead atoms. The van der Waals surface area contributed by atoms with Crippen molar-refractivity contribution >= 4 is 33.2 Å². The zero-order chi connectivity index (χ0) is 14.2. The van der Waals surface area contributed by atoms with Gasteiger partial charge in [0.2, 0.25) is 0 Å². The molecule has 0 aliphatic rings. The molecule has 2 heterocycles. The molecule has 102 valence electrons. The van der Waals surface area contributed by atoms with Gasteiger partial charge in [0.1, 0.15) is 5.58 Å². The predicted octanol–water partition coefficient (Wildman–Crippen LogP) is 4.02. The smallest absolute Gasteiger partial charge is 0.338 e. The van der Waals surface area contributed by atoms with Crippen molar-refractivity contribution in [3.8, 4) is 0 Å². The van der Waals surface area contributed by atoms with E-state index in [1.54, 1.807) is 6.07 Å². The van der Waals surface area contributed by atoms with Crippen LogP contribution in [0.25, 0.3) is 21.9 Å². The number of para-hydroxylation sites is 1. The standard InChI is InChI=1S/C17H12N2O2/c20-17-10-15(13-3-1-2-4-16(13)21-17)19-12-6-5-11-7-8-18-14(11)9-12/h1-10,18-19H. The molecule has 4 nitrogen and oxygen atoms in total. The van der Waals surface area contributed by atoms with Crippen molar-refractivity contribution in [2.24, 2.45) is 0 Å². The van der Waals surface area contributed by atoms with Crippen LogP contribution in [0.3, 0.4) is 0 Å². The number of fused-ring (bicyclic) bond motifs is 2. The summed E-state index contributed by atoms with van der Waals surface area (Å²) in [5.41, 5.74) is 2.92. The minimum Gasteiger partial charge on any atom is -0.423 e. The maximum Gasteiger partial charge on any atom is 0.338 e. The first-order valence-corrected chi connectivity index (χ1v) is 6.67. The lowest BCUT2D eigenvalue weighted by atomic mass is 10.2. The zero-order valence-electron chi connectivity index (χ0n) is 11.1. The Balaban J connectivity index is 1.84. The number of nitrogens with one attached hydrogen (secondary N) is 2. The van der Waals surface area contributed by atoms with Gasteiger partial charge >= 0.3 is 5.63 Å². The average molecular weight is 276 g/mol. The Bertz CT molecular complexity index is 998. The third-order valence-electron chi connectivity index (χ3n) is 3.48. The summed E-state index contributed by atoms with van der Waals surface area (Å²) in [7, 11) is 0. The molecule has 0 unspecified atom stereocenters. The molecule has 0 radical (unpaired) electrons. The number of aromatic amines is 1. The number of hydrogen-bond acceptors (Lipinski definition) is 3. The van der Waals surface area contributed by atoms with Gasteiger partial charge in [-0.3, -0.25) is 0 Å². The molecule has 0 fully saturated rings. The highest BCUT2D eigenvalue weighted by Crippen LogP contribution is 2.26. The summed E-state index contributed by atoms with van der Waals surface area (Å²) in [5, 5.41) is 5.32. The maximum absolute atomic E-state index is 11.7. The Hall–Kier alpha value is -3.01. The molecule has 0 spiro atoms. The molecular weight excluding hydrogens is 264 g/mol. The second-order valence-electron chi connectivity index (χ2n) is 4.88. The van der Waals surface area contributed by atoms with E-state index in [0.717, 1.165) is 27.7 Å². The van der Waals surface area contributed by atoms with E-state index in [-0.39, 0.29) is 5.63 Å². The fourth-order valence-corrected chi connectivity index (χ4v) is 2.50. The Kier molecular flexibility index (Phi) is 2.54. The van der Waals surface area contributed by atoms with Crippen LogP contribution in [-0.2, 0) is 0 Å². The van der Waals surface area contributed by atoms with Crippen molar-refractivity contribution in [1.29, 1.82) is 0 Å². The molecule has 0 saturated carbocycles. The molecule has 2 aromatic heterocycles.